The second-order valence-corrected chi connectivity index (χ2v) is 5.00. The van der Waals surface area contributed by atoms with Gasteiger partial charge in [0.05, 0.1) is 25.9 Å². The van der Waals surface area contributed by atoms with Crippen LogP contribution in [0.25, 0.3) is 0 Å². The van der Waals surface area contributed by atoms with Crippen LogP contribution in [0.2, 0.25) is 0 Å². The molecule has 94 valence electrons. The highest BCUT2D eigenvalue weighted by Crippen LogP contribution is 2.12. The van der Waals surface area contributed by atoms with Crippen molar-refractivity contribution >= 4 is 0 Å². The molecule has 2 aliphatic heterocycles. The second-order valence-electron chi connectivity index (χ2n) is 5.00. The minimum atomic E-state index is 0.381. The summed E-state index contributed by atoms with van der Waals surface area (Å²) < 4.78 is 11.1. The molecule has 16 heavy (non-hydrogen) atoms. The number of nitrogens with zero attached hydrogens (tertiary/aromatic N) is 1. The molecule has 0 bridgehead atoms. The molecule has 3 atom stereocenters. The van der Waals surface area contributed by atoms with Crippen molar-refractivity contribution in [3.05, 3.63) is 0 Å². The Morgan fingerprint density at radius 2 is 2.19 bits per heavy atom. The van der Waals surface area contributed by atoms with E-state index in [0.717, 1.165) is 39.5 Å². The first-order valence-electron chi connectivity index (χ1n) is 6.42. The first-order chi connectivity index (χ1) is 7.75. The lowest BCUT2D eigenvalue weighted by Gasteiger charge is -2.37. The van der Waals surface area contributed by atoms with Crippen LogP contribution in [0, 0.1) is 0 Å². The van der Waals surface area contributed by atoms with Gasteiger partial charge in [-0.1, -0.05) is 0 Å². The third-order valence-corrected chi connectivity index (χ3v) is 3.50. The highest BCUT2D eigenvalue weighted by molar-refractivity contribution is 4.78. The molecule has 0 radical (unpaired) electrons. The molecule has 0 aromatic rings. The van der Waals surface area contributed by atoms with Crippen molar-refractivity contribution in [3.63, 3.8) is 0 Å². The summed E-state index contributed by atoms with van der Waals surface area (Å²) in [6, 6.07) is 1.10. The molecule has 2 saturated heterocycles. The number of hydrogen-bond donors (Lipinski definition) is 1. The third-order valence-electron chi connectivity index (χ3n) is 3.50. The zero-order valence-electron chi connectivity index (χ0n) is 10.4. The van der Waals surface area contributed by atoms with Gasteiger partial charge in [-0.3, -0.25) is 4.90 Å². The first-order valence-corrected chi connectivity index (χ1v) is 6.42. The molecule has 0 saturated carbocycles. The van der Waals surface area contributed by atoms with E-state index < -0.39 is 0 Å². The fourth-order valence-corrected chi connectivity index (χ4v) is 2.41. The Labute approximate surface area is 98.3 Å². The Hall–Kier alpha value is -0.160. The third kappa shape index (κ3) is 3.42. The summed E-state index contributed by atoms with van der Waals surface area (Å²) in [7, 11) is 0. The van der Waals surface area contributed by atoms with E-state index in [1.165, 1.54) is 6.42 Å². The molecule has 0 aliphatic carbocycles. The monoisotopic (exact) mass is 228 g/mol. The van der Waals surface area contributed by atoms with E-state index in [-0.39, 0.29) is 0 Å². The number of hydrogen-bond acceptors (Lipinski definition) is 4. The fourth-order valence-electron chi connectivity index (χ4n) is 2.41. The number of ether oxygens (including phenoxy) is 2. The van der Waals surface area contributed by atoms with Crippen LogP contribution in [-0.4, -0.2) is 62.5 Å². The lowest BCUT2D eigenvalue weighted by Crippen LogP contribution is -2.50. The van der Waals surface area contributed by atoms with Crippen LogP contribution in [-0.2, 0) is 9.47 Å². The predicted octanol–water partition coefficient (Wildman–Crippen LogP) is 0.474. The minimum Gasteiger partial charge on any atom is -0.379 e. The van der Waals surface area contributed by atoms with Gasteiger partial charge in [0.25, 0.3) is 0 Å². The Morgan fingerprint density at radius 1 is 1.31 bits per heavy atom. The van der Waals surface area contributed by atoms with Gasteiger partial charge in [0.1, 0.15) is 0 Å². The van der Waals surface area contributed by atoms with Crippen molar-refractivity contribution in [1.29, 1.82) is 0 Å². The van der Waals surface area contributed by atoms with Crippen molar-refractivity contribution in [2.24, 2.45) is 0 Å². The molecule has 0 aromatic heterocycles. The summed E-state index contributed by atoms with van der Waals surface area (Å²) >= 11 is 0. The van der Waals surface area contributed by atoms with Gasteiger partial charge in [-0.15, -0.1) is 0 Å². The molecular formula is C12H24N2O2. The summed E-state index contributed by atoms with van der Waals surface area (Å²) in [5, 5.41) is 3.50. The lowest BCUT2D eigenvalue weighted by molar-refractivity contribution is -0.0516. The van der Waals surface area contributed by atoms with E-state index in [1.807, 2.05) is 0 Å². The van der Waals surface area contributed by atoms with Crippen LogP contribution in [0.5, 0.6) is 0 Å². The maximum absolute atomic E-state index is 5.63. The molecule has 0 amide bonds. The number of nitrogens with one attached hydrogen (secondary N) is 1. The molecule has 4 nitrogen and oxygen atoms in total. The normalized spacial score (nSPS) is 37.5. The van der Waals surface area contributed by atoms with Crippen molar-refractivity contribution in [3.8, 4) is 0 Å². The quantitative estimate of drug-likeness (QED) is 0.761. The van der Waals surface area contributed by atoms with Crippen molar-refractivity contribution < 1.29 is 9.47 Å². The standard InChI is InChI=1S/C12H24N2O2/c1-10-8-16-11(2)7-14(10)5-3-12-9-15-6-4-13-12/h10-13H,3-9H2,1-2H3. The van der Waals surface area contributed by atoms with Gasteiger partial charge >= 0.3 is 0 Å². The van der Waals surface area contributed by atoms with Gasteiger partial charge in [0.2, 0.25) is 0 Å². The van der Waals surface area contributed by atoms with E-state index in [1.54, 1.807) is 0 Å². The highest BCUT2D eigenvalue weighted by atomic mass is 16.5. The largest absolute Gasteiger partial charge is 0.379 e. The Kier molecular flexibility index (Phi) is 4.58. The SMILES string of the molecule is CC1CN(CCC2COCCN2)C(C)CO1. The van der Waals surface area contributed by atoms with Crippen molar-refractivity contribution in [2.45, 2.75) is 38.5 Å². The van der Waals surface area contributed by atoms with Crippen LogP contribution in [0.3, 0.4) is 0 Å². The van der Waals surface area contributed by atoms with Gasteiger partial charge in [0, 0.05) is 31.7 Å². The fraction of sp³-hybridized carbons (Fsp3) is 1.00. The summed E-state index contributed by atoms with van der Waals surface area (Å²) in [5.74, 6) is 0. The van der Waals surface area contributed by atoms with Gasteiger partial charge < -0.3 is 14.8 Å². The summed E-state index contributed by atoms with van der Waals surface area (Å²) in [5.41, 5.74) is 0. The predicted molar refractivity (Wildman–Crippen MR) is 63.7 cm³/mol. The maximum Gasteiger partial charge on any atom is 0.0674 e. The molecule has 2 aliphatic rings. The van der Waals surface area contributed by atoms with Crippen LogP contribution in [0.1, 0.15) is 20.3 Å². The van der Waals surface area contributed by atoms with Gasteiger partial charge in [0.15, 0.2) is 0 Å². The first kappa shape index (κ1) is 12.3. The van der Waals surface area contributed by atoms with Crippen LogP contribution in [0.4, 0.5) is 0 Å². The van der Waals surface area contributed by atoms with Crippen LogP contribution >= 0.6 is 0 Å². The number of rotatable bonds is 3. The minimum absolute atomic E-state index is 0.381. The molecule has 2 heterocycles. The molecule has 4 heteroatoms. The van der Waals surface area contributed by atoms with Crippen molar-refractivity contribution in [1.82, 2.24) is 10.2 Å². The molecule has 0 aromatic carbocycles. The molecule has 1 N–H and O–H groups in total. The molecule has 2 fully saturated rings. The second kappa shape index (κ2) is 5.96. The molecule has 2 rings (SSSR count). The van der Waals surface area contributed by atoms with E-state index in [4.69, 9.17) is 9.47 Å². The average Bonchev–Trinajstić information content (AvgIpc) is 2.32. The summed E-state index contributed by atoms with van der Waals surface area (Å²) in [4.78, 5) is 2.53. The Bertz CT molecular complexity index is 207. The summed E-state index contributed by atoms with van der Waals surface area (Å²) in [6.45, 7) is 10.2. The van der Waals surface area contributed by atoms with Gasteiger partial charge in [-0.05, 0) is 20.3 Å². The van der Waals surface area contributed by atoms with Crippen LogP contribution in [0.15, 0.2) is 0 Å². The van der Waals surface area contributed by atoms with E-state index >= 15 is 0 Å². The van der Waals surface area contributed by atoms with Gasteiger partial charge in [-0.25, -0.2) is 0 Å². The lowest BCUT2D eigenvalue weighted by atomic mass is 10.1. The van der Waals surface area contributed by atoms with E-state index in [2.05, 4.69) is 24.1 Å². The zero-order chi connectivity index (χ0) is 11.4. The maximum atomic E-state index is 5.63. The molecule has 0 spiro atoms. The Balaban J connectivity index is 1.71. The topological polar surface area (TPSA) is 33.7 Å². The van der Waals surface area contributed by atoms with Crippen molar-refractivity contribution in [2.75, 3.05) is 39.5 Å². The Morgan fingerprint density at radius 3 is 2.94 bits per heavy atom. The highest BCUT2D eigenvalue weighted by Gasteiger charge is 2.24. The van der Waals surface area contributed by atoms with Crippen LogP contribution < -0.4 is 5.32 Å². The number of morpholine rings is 2. The summed E-state index contributed by atoms with van der Waals surface area (Å²) in [6.07, 6.45) is 1.56. The smallest absolute Gasteiger partial charge is 0.0674 e. The average molecular weight is 228 g/mol. The zero-order valence-corrected chi connectivity index (χ0v) is 10.4. The molecule has 3 unspecified atom stereocenters. The van der Waals surface area contributed by atoms with Gasteiger partial charge in [-0.2, -0.15) is 0 Å². The molecular weight excluding hydrogens is 204 g/mol. The van der Waals surface area contributed by atoms with E-state index in [0.29, 0.717) is 18.2 Å². The van der Waals surface area contributed by atoms with E-state index in [9.17, 15) is 0 Å².